The van der Waals surface area contributed by atoms with E-state index in [4.69, 9.17) is 39.1 Å². The summed E-state index contributed by atoms with van der Waals surface area (Å²) in [7, 11) is 1.62. The van der Waals surface area contributed by atoms with Gasteiger partial charge in [-0.15, -0.1) is 11.8 Å². The van der Waals surface area contributed by atoms with Gasteiger partial charge in [-0.3, -0.25) is 5.41 Å². The maximum absolute atomic E-state index is 7.51. The highest BCUT2D eigenvalue weighted by Crippen LogP contribution is 2.32. The fourth-order valence-corrected chi connectivity index (χ4v) is 3.06. The van der Waals surface area contributed by atoms with Gasteiger partial charge in [-0.05, 0) is 36.4 Å². The Balaban J connectivity index is 2.19. The van der Waals surface area contributed by atoms with E-state index in [2.05, 4.69) is 0 Å². The first-order chi connectivity index (χ1) is 10.0. The van der Waals surface area contributed by atoms with Crippen molar-refractivity contribution in [3.8, 4) is 5.75 Å². The van der Waals surface area contributed by atoms with E-state index in [-0.39, 0.29) is 5.84 Å². The van der Waals surface area contributed by atoms with Crippen molar-refractivity contribution in [2.75, 3.05) is 7.11 Å². The Hall–Kier alpha value is -1.36. The molecule has 0 aliphatic heterocycles. The molecule has 0 saturated heterocycles. The smallest absolute Gasteiger partial charge is 0.122 e. The minimum atomic E-state index is 0.0402. The molecule has 0 spiro atoms. The van der Waals surface area contributed by atoms with E-state index >= 15 is 0 Å². The summed E-state index contributed by atoms with van der Waals surface area (Å²) in [6.45, 7) is 0. The normalized spacial score (nSPS) is 10.4. The number of thioether (sulfide) groups is 1. The topological polar surface area (TPSA) is 59.1 Å². The van der Waals surface area contributed by atoms with Crippen LogP contribution in [0.15, 0.2) is 41.3 Å². The second-order valence-corrected chi connectivity index (χ2v) is 6.17. The highest BCUT2D eigenvalue weighted by atomic mass is 35.5. The zero-order valence-electron chi connectivity index (χ0n) is 11.3. The van der Waals surface area contributed by atoms with Crippen LogP contribution >= 0.6 is 35.0 Å². The molecule has 2 rings (SSSR count). The molecule has 2 aromatic rings. The van der Waals surface area contributed by atoms with Gasteiger partial charge < -0.3 is 10.5 Å². The lowest BCUT2D eigenvalue weighted by Crippen LogP contribution is -2.11. The van der Waals surface area contributed by atoms with Crippen LogP contribution in [0, 0.1) is 5.41 Å². The third-order valence-electron chi connectivity index (χ3n) is 2.88. The van der Waals surface area contributed by atoms with Gasteiger partial charge >= 0.3 is 0 Å². The highest BCUT2D eigenvalue weighted by Gasteiger charge is 2.08. The number of nitrogen functional groups attached to an aromatic ring is 1. The third kappa shape index (κ3) is 4.06. The van der Waals surface area contributed by atoms with Gasteiger partial charge in [-0.1, -0.05) is 23.2 Å². The summed E-state index contributed by atoms with van der Waals surface area (Å²) in [6, 6.07) is 11.0. The number of hydrogen-bond donors (Lipinski definition) is 2. The molecule has 0 bridgehead atoms. The van der Waals surface area contributed by atoms with Crippen molar-refractivity contribution in [3.05, 3.63) is 57.6 Å². The molecule has 0 fully saturated rings. The Kier molecular flexibility index (Phi) is 5.39. The molecule has 0 aliphatic rings. The average Bonchev–Trinajstić information content (AvgIpc) is 2.48. The molecule has 0 aromatic heterocycles. The number of methoxy groups -OCH3 is 1. The van der Waals surface area contributed by atoms with E-state index in [0.717, 1.165) is 16.2 Å². The van der Waals surface area contributed by atoms with Crippen molar-refractivity contribution in [2.45, 2.75) is 10.6 Å². The van der Waals surface area contributed by atoms with E-state index in [1.165, 1.54) is 0 Å². The average molecular weight is 341 g/mol. The number of nitrogens with one attached hydrogen (secondary N) is 1. The number of halogens is 2. The largest absolute Gasteiger partial charge is 0.496 e. The molecule has 110 valence electrons. The van der Waals surface area contributed by atoms with Crippen LogP contribution in [0.4, 0.5) is 0 Å². The Morgan fingerprint density at radius 3 is 2.57 bits per heavy atom. The fourth-order valence-electron chi connectivity index (χ4n) is 1.79. The molecule has 6 heteroatoms. The first kappa shape index (κ1) is 16.0. The third-order valence-corrected chi connectivity index (χ3v) is 4.66. The van der Waals surface area contributed by atoms with Gasteiger partial charge in [0.1, 0.15) is 11.6 Å². The molecule has 0 radical (unpaired) electrons. The van der Waals surface area contributed by atoms with Crippen LogP contribution in [-0.2, 0) is 5.75 Å². The number of amidine groups is 1. The van der Waals surface area contributed by atoms with Crippen molar-refractivity contribution in [1.82, 2.24) is 0 Å². The van der Waals surface area contributed by atoms with Crippen molar-refractivity contribution >= 4 is 40.8 Å². The first-order valence-corrected chi connectivity index (χ1v) is 7.84. The summed E-state index contributed by atoms with van der Waals surface area (Å²) in [6.07, 6.45) is 0. The zero-order valence-corrected chi connectivity index (χ0v) is 13.6. The second kappa shape index (κ2) is 7.07. The van der Waals surface area contributed by atoms with Gasteiger partial charge in [-0.25, -0.2) is 0 Å². The summed E-state index contributed by atoms with van der Waals surface area (Å²) in [5.74, 6) is 1.49. The molecule has 0 heterocycles. The van der Waals surface area contributed by atoms with Crippen LogP contribution in [0.1, 0.15) is 11.1 Å². The van der Waals surface area contributed by atoms with Crippen molar-refractivity contribution in [1.29, 1.82) is 5.41 Å². The van der Waals surface area contributed by atoms with Crippen LogP contribution in [0.3, 0.4) is 0 Å². The molecule has 3 nitrogen and oxygen atoms in total. The Morgan fingerprint density at radius 1 is 1.19 bits per heavy atom. The van der Waals surface area contributed by atoms with Crippen LogP contribution < -0.4 is 10.5 Å². The maximum atomic E-state index is 7.51. The summed E-state index contributed by atoms with van der Waals surface area (Å²) >= 11 is 13.5. The lowest BCUT2D eigenvalue weighted by Gasteiger charge is -2.10. The van der Waals surface area contributed by atoms with Crippen molar-refractivity contribution < 1.29 is 4.74 Å². The van der Waals surface area contributed by atoms with Crippen LogP contribution in [0.25, 0.3) is 0 Å². The van der Waals surface area contributed by atoms with Gasteiger partial charge in [0, 0.05) is 21.8 Å². The van der Waals surface area contributed by atoms with Gasteiger partial charge in [0.05, 0.1) is 17.2 Å². The summed E-state index contributed by atoms with van der Waals surface area (Å²) < 4.78 is 5.34. The molecule has 3 N–H and O–H groups in total. The molecule has 2 aromatic carbocycles. The molecule has 0 saturated carbocycles. The van der Waals surface area contributed by atoms with Crippen molar-refractivity contribution in [2.24, 2.45) is 5.73 Å². The summed E-state index contributed by atoms with van der Waals surface area (Å²) in [5, 5.41) is 8.58. The monoisotopic (exact) mass is 340 g/mol. The Bertz CT molecular complexity index is 677. The van der Waals surface area contributed by atoms with Gasteiger partial charge in [0.2, 0.25) is 0 Å². The maximum Gasteiger partial charge on any atom is 0.122 e. The molecule has 21 heavy (non-hydrogen) atoms. The van der Waals surface area contributed by atoms with Crippen LogP contribution in [-0.4, -0.2) is 12.9 Å². The standard InChI is InChI=1S/C15H14Cl2N2OS/c1-20-14-5-2-9(15(18)19)6-10(14)8-21-11-3-4-12(16)13(17)7-11/h2-7H,8H2,1H3,(H3,18,19). The minimum absolute atomic E-state index is 0.0402. The van der Waals surface area contributed by atoms with E-state index in [0.29, 0.717) is 21.4 Å². The first-order valence-electron chi connectivity index (χ1n) is 6.10. The fraction of sp³-hybridized carbons (Fsp3) is 0.133. The van der Waals surface area contributed by atoms with E-state index in [1.54, 1.807) is 31.0 Å². The van der Waals surface area contributed by atoms with Crippen LogP contribution in [0.2, 0.25) is 10.0 Å². The second-order valence-electron chi connectivity index (χ2n) is 4.30. The highest BCUT2D eigenvalue weighted by molar-refractivity contribution is 7.98. The zero-order chi connectivity index (χ0) is 15.4. The van der Waals surface area contributed by atoms with E-state index < -0.39 is 0 Å². The Morgan fingerprint density at radius 2 is 1.95 bits per heavy atom. The predicted molar refractivity (Wildman–Crippen MR) is 90.0 cm³/mol. The van der Waals surface area contributed by atoms with E-state index in [1.807, 2.05) is 24.3 Å². The number of benzene rings is 2. The summed E-state index contributed by atoms with van der Waals surface area (Å²) in [5.41, 5.74) is 7.18. The predicted octanol–water partition coefficient (Wildman–Crippen LogP) is 4.58. The SMILES string of the molecule is COc1ccc(C(=N)N)cc1CSc1ccc(Cl)c(Cl)c1. The molecular weight excluding hydrogens is 327 g/mol. The lowest BCUT2D eigenvalue weighted by molar-refractivity contribution is 0.411. The quantitative estimate of drug-likeness (QED) is 0.475. The van der Waals surface area contributed by atoms with Gasteiger partial charge in [-0.2, -0.15) is 0 Å². The molecular formula is C15H14Cl2N2OS. The van der Waals surface area contributed by atoms with Gasteiger partial charge in [0.15, 0.2) is 0 Å². The molecule has 0 amide bonds. The summed E-state index contributed by atoms with van der Waals surface area (Å²) in [4.78, 5) is 1.01. The van der Waals surface area contributed by atoms with E-state index in [9.17, 15) is 0 Å². The number of nitrogens with two attached hydrogens (primary N) is 1. The Labute approximate surface area is 137 Å². The molecule has 0 atom stereocenters. The van der Waals surface area contributed by atoms with Crippen LogP contribution in [0.5, 0.6) is 5.75 Å². The van der Waals surface area contributed by atoms with Crippen molar-refractivity contribution in [3.63, 3.8) is 0 Å². The minimum Gasteiger partial charge on any atom is -0.496 e. The number of ether oxygens (including phenoxy) is 1. The lowest BCUT2D eigenvalue weighted by atomic mass is 10.1. The molecule has 0 aliphatic carbocycles. The number of hydrogen-bond acceptors (Lipinski definition) is 3. The number of rotatable bonds is 5. The molecule has 0 unspecified atom stereocenters. The van der Waals surface area contributed by atoms with Gasteiger partial charge in [0.25, 0.3) is 0 Å².